The Kier molecular flexibility index (Phi) is 3.81. The van der Waals surface area contributed by atoms with E-state index in [1.54, 1.807) is 12.5 Å². The highest BCUT2D eigenvalue weighted by Crippen LogP contribution is 2.30. The van der Waals surface area contributed by atoms with Crippen molar-refractivity contribution < 1.29 is 4.42 Å². The lowest BCUT2D eigenvalue weighted by molar-refractivity contribution is 0.553. The second-order valence-corrected chi connectivity index (χ2v) is 5.09. The molecule has 1 aromatic heterocycles. The Balaban J connectivity index is 2.44. The Morgan fingerprint density at radius 2 is 2.06 bits per heavy atom. The fraction of sp³-hybridized carbons (Fsp3) is 0.0909. The molecule has 84 valence electrons. The third-order valence-corrected chi connectivity index (χ3v) is 3.53. The lowest BCUT2D eigenvalue weighted by Gasteiger charge is -2.16. The number of rotatable bonds is 3. The first-order valence-electron chi connectivity index (χ1n) is 4.65. The number of hydrazine groups is 1. The Hall–Kier alpha value is -0.620. The molecule has 3 N–H and O–H groups in total. The van der Waals surface area contributed by atoms with Gasteiger partial charge in [0.2, 0.25) is 0 Å². The van der Waals surface area contributed by atoms with Gasteiger partial charge in [-0.3, -0.25) is 5.84 Å². The smallest absolute Gasteiger partial charge is 0.0954 e. The highest BCUT2D eigenvalue weighted by atomic mass is 79.9. The van der Waals surface area contributed by atoms with Crippen molar-refractivity contribution in [2.24, 2.45) is 5.84 Å². The first kappa shape index (κ1) is 11.9. The molecule has 2 aromatic rings. The topological polar surface area (TPSA) is 51.2 Å². The normalized spacial score (nSPS) is 12.7. The van der Waals surface area contributed by atoms with Crippen molar-refractivity contribution in [2.75, 3.05) is 0 Å². The summed E-state index contributed by atoms with van der Waals surface area (Å²) < 4.78 is 7.07. The van der Waals surface area contributed by atoms with Crippen molar-refractivity contribution in [2.45, 2.75) is 6.04 Å². The van der Waals surface area contributed by atoms with Crippen LogP contribution in [0, 0.1) is 0 Å². The number of nitrogens with one attached hydrogen (secondary N) is 1. The predicted octanol–water partition coefficient (Wildman–Crippen LogP) is 3.36. The molecule has 0 amide bonds. The molecule has 1 heterocycles. The monoisotopic (exact) mass is 344 g/mol. The van der Waals surface area contributed by atoms with Gasteiger partial charge in [0.05, 0.1) is 18.6 Å². The highest BCUT2D eigenvalue weighted by molar-refractivity contribution is 9.11. The van der Waals surface area contributed by atoms with E-state index in [-0.39, 0.29) is 6.04 Å². The van der Waals surface area contributed by atoms with Gasteiger partial charge < -0.3 is 4.42 Å². The number of benzene rings is 1. The van der Waals surface area contributed by atoms with Crippen LogP contribution in [0.3, 0.4) is 0 Å². The molecular weight excluding hydrogens is 336 g/mol. The lowest BCUT2D eigenvalue weighted by atomic mass is 10.0. The molecular formula is C11H10Br2N2O. The maximum atomic E-state index is 5.59. The molecule has 0 aliphatic heterocycles. The zero-order chi connectivity index (χ0) is 11.5. The number of furan rings is 1. The fourth-order valence-electron chi connectivity index (χ4n) is 1.54. The molecule has 3 nitrogen and oxygen atoms in total. The minimum Gasteiger partial charge on any atom is -0.472 e. The van der Waals surface area contributed by atoms with Crippen molar-refractivity contribution in [1.82, 2.24) is 5.43 Å². The van der Waals surface area contributed by atoms with Crippen molar-refractivity contribution in [3.05, 3.63) is 56.9 Å². The lowest BCUT2D eigenvalue weighted by Crippen LogP contribution is -2.28. The molecule has 0 radical (unpaired) electrons. The summed E-state index contributed by atoms with van der Waals surface area (Å²) in [5.41, 5.74) is 4.82. The minimum atomic E-state index is -0.0920. The van der Waals surface area contributed by atoms with E-state index in [0.717, 1.165) is 20.1 Å². The van der Waals surface area contributed by atoms with E-state index in [1.807, 2.05) is 24.3 Å². The van der Waals surface area contributed by atoms with Gasteiger partial charge in [0.25, 0.3) is 0 Å². The Labute approximate surface area is 110 Å². The number of halogens is 2. The van der Waals surface area contributed by atoms with Gasteiger partial charge in [0.1, 0.15) is 0 Å². The van der Waals surface area contributed by atoms with Gasteiger partial charge in [-0.1, -0.05) is 31.9 Å². The molecule has 0 aliphatic carbocycles. The van der Waals surface area contributed by atoms with Gasteiger partial charge in [0.15, 0.2) is 0 Å². The molecule has 0 spiro atoms. The summed E-state index contributed by atoms with van der Waals surface area (Å²) in [7, 11) is 0. The zero-order valence-corrected chi connectivity index (χ0v) is 11.5. The minimum absolute atomic E-state index is 0.0920. The number of hydrogen-bond donors (Lipinski definition) is 2. The largest absolute Gasteiger partial charge is 0.472 e. The van der Waals surface area contributed by atoms with Gasteiger partial charge in [-0.05, 0) is 29.8 Å². The molecule has 0 saturated heterocycles. The Bertz CT molecular complexity index is 471. The standard InChI is InChI=1S/C11H10Br2N2O/c12-8-1-2-10(13)9(5-8)11(15-14)7-3-4-16-6-7/h1-6,11,15H,14H2. The summed E-state index contributed by atoms with van der Waals surface area (Å²) in [4.78, 5) is 0. The summed E-state index contributed by atoms with van der Waals surface area (Å²) in [5, 5.41) is 0. The van der Waals surface area contributed by atoms with Crippen LogP contribution in [0.5, 0.6) is 0 Å². The fourth-order valence-corrected chi connectivity index (χ4v) is 2.39. The van der Waals surface area contributed by atoms with Crippen molar-refractivity contribution in [1.29, 1.82) is 0 Å². The van der Waals surface area contributed by atoms with E-state index in [1.165, 1.54) is 0 Å². The first-order valence-corrected chi connectivity index (χ1v) is 6.24. The Morgan fingerprint density at radius 3 is 2.69 bits per heavy atom. The van der Waals surface area contributed by atoms with Crippen LogP contribution in [-0.4, -0.2) is 0 Å². The summed E-state index contributed by atoms with van der Waals surface area (Å²) >= 11 is 6.95. The van der Waals surface area contributed by atoms with E-state index < -0.39 is 0 Å². The molecule has 0 fully saturated rings. The highest BCUT2D eigenvalue weighted by Gasteiger charge is 2.16. The third-order valence-electron chi connectivity index (χ3n) is 2.31. The molecule has 0 bridgehead atoms. The molecule has 2 rings (SSSR count). The Morgan fingerprint density at radius 1 is 1.25 bits per heavy atom. The van der Waals surface area contributed by atoms with Crippen LogP contribution in [0.15, 0.2) is 50.2 Å². The predicted molar refractivity (Wildman–Crippen MR) is 69.7 cm³/mol. The number of hydrogen-bond acceptors (Lipinski definition) is 3. The van der Waals surface area contributed by atoms with Gasteiger partial charge in [-0.2, -0.15) is 0 Å². The maximum absolute atomic E-state index is 5.59. The molecule has 0 saturated carbocycles. The molecule has 5 heteroatoms. The van der Waals surface area contributed by atoms with Crippen LogP contribution in [0.4, 0.5) is 0 Å². The van der Waals surface area contributed by atoms with Crippen LogP contribution >= 0.6 is 31.9 Å². The molecule has 1 atom stereocenters. The van der Waals surface area contributed by atoms with E-state index >= 15 is 0 Å². The van der Waals surface area contributed by atoms with Gasteiger partial charge in [0, 0.05) is 14.5 Å². The molecule has 16 heavy (non-hydrogen) atoms. The van der Waals surface area contributed by atoms with Crippen molar-refractivity contribution in [3.63, 3.8) is 0 Å². The van der Waals surface area contributed by atoms with E-state index in [0.29, 0.717) is 0 Å². The van der Waals surface area contributed by atoms with Gasteiger partial charge in [-0.25, -0.2) is 5.43 Å². The van der Waals surface area contributed by atoms with E-state index in [2.05, 4.69) is 37.3 Å². The summed E-state index contributed by atoms with van der Waals surface area (Å²) in [6.07, 6.45) is 3.31. The summed E-state index contributed by atoms with van der Waals surface area (Å²) in [5.74, 6) is 5.59. The zero-order valence-electron chi connectivity index (χ0n) is 8.28. The molecule has 1 unspecified atom stereocenters. The van der Waals surface area contributed by atoms with Gasteiger partial charge in [-0.15, -0.1) is 0 Å². The van der Waals surface area contributed by atoms with E-state index in [9.17, 15) is 0 Å². The van der Waals surface area contributed by atoms with Crippen molar-refractivity contribution >= 4 is 31.9 Å². The molecule has 0 aliphatic rings. The second kappa shape index (κ2) is 5.14. The quantitative estimate of drug-likeness (QED) is 0.662. The second-order valence-electron chi connectivity index (χ2n) is 3.32. The van der Waals surface area contributed by atoms with Crippen LogP contribution < -0.4 is 11.3 Å². The van der Waals surface area contributed by atoms with Crippen LogP contribution in [0.2, 0.25) is 0 Å². The van der Waals surface area contributed by atoms with Crippen LogP contribution in [0.1, 0.15) is 17.2 Å². The van der Waals surface area contributed by atoms with Crippen LogP contribution in [-0.2, 0) is 0 Å². The molecule has 1 aromatic carbocycles. The third kappa shape index (κ3) is 2.38. The van der Waals surface area contributed by atoms with E-state index in [4.69, 9.17) is 10.3 Å². The average Bonchev–Trinajstić information content (AvgIpc) is 2.78. The maximum Gasteiger partial charge on any atom is 0.0954 e. The van der Waals surface area contributed by atoms with Crippen molar-refractivity contribution in [3.8, 4) is 0 Å². The van der Waals surface area contributed by atoms with Gasteiger partial charge >= 0.3 is 0 Å². The van der Waals surface area contributed by atoms with Crippen LogP contribution in [0.25, 0.3) is 0 Å². The summed E-state index contributed by atoms with van der Waals surface area (Å²) in [6.45, 7) is 0. The number of nitrogens with two attached hydrogens (primary N) is 1. The average molecular weight is 346 g/mol. The first-order chi connectivity index (χ1) is 7.72. The SMILES string of the molecule is NNC(c1ccoc1)c1cc(Br)ccc1Br. The summed E-state index contributed by atoms with van der Waals surface area (Å²) in [6, 6.07) is 7.76.